The molecular formula is C14H14F3N3. The number of aryl methyl sites for hydroxylation is 1. The molecule has 20 heavy (non-hydrogen) atoms. The molecule has 0 fully saturated rings. The summed E-state index contributed by atoms with van der Waals surface area (Å²) in [5, 5.41) is 3.13. The number of nitrogens with zero attached hydrogens (tertiary/aromatic N) is 2. The second kappa shape index (κ2) is 6.00. The smallest absolute Gasteiger partial charge is 0.307 e. The Balaban J connectivity index is 1.88. The van der Waals surface area contributed by atoms with Crippen LogP contribution in [-0.2, 0) is 19.3 Å². The Morgan fingerprint density at radius 3 is 2.35 bits per heavy atom. The van der Waals surface area contributed by atoms with Crippen LogP contribution in [0.1, 0.15) is 22.6 Å². The van der Waals surface area contributed by atoms with Crippen molar-refractivity contribution in [2.24, 2.45) is 0 Å². The predicted octanol–water partition coefficient (Wildman–Crippen LogP) is 3.09. The summed E-state index contributed by atoms with van der Waals surface area (Å²) in [5.41, 5.74) is 1.01. The van der Waals surface area contributed by atoms with Crippen molar-refractivity contribution in [1.29, 1.82) is 0 Å². The number of rotatable bonds is 4. The highest BCUT2D eigenvalue weighted by atomic mass is 19.4. The van der Waals surface area contributed by atoms with E-state index in [0.29, 0.717) is 18.9 Å². The van der Waals surface area contributed by atoms with Crippen LogP contribution in [0.3, 0.4) is 0 Å². The quantitative estimate of drug-likeness (QED) is 0.935. The van der Waals surface area contributed by atoms with Crippen molar-refractivity contribution in [3.63, 3.8) is 0 Å². The average molecular weight is 281 g/mol. The molecule has 0 aliphatic rings. The molecule has 106 valence electrons. The summed E-state index contributed by atoms with van der Waals surface area (Å²) in [6.45, 7) is 2.84. The van der Waals surface area contributed by atoms with E-state index in [1.54, 1.807) is 19.2 Å². The van der Waals surface area contributed by atoms with Gasteiger partial charge in [0.1, 0.15) is 5.82 Å². The highest BCUT2D eigenvalue weighted by Crippen LogP contribution is 2.28. The van der Waals surface area contributed by atoms with Crippen LogP contribution in [0.4, 0.5) is 13.2 Å². The van der Waals surface area contributed by atoms with Gasteiger partial charge < -0.3 is 5.32 Å². The summed E-state index contributed by atoms with van der Waals surface area (Å²) in [4.78, 5) is 8.22. The molecule has 0 amide bonds. The summed E-state index contributed by atoms with van der Waals surface area (Å²) < 4.78 is 37.2. The zero-order chi connectivity index (χ0) is 14.6. The minimum atomic E-state index is -4.29. The molecule has 0 saturated carbocycles. The summed E-state index contributed by atoms with van der Waals surface area (Å²) >= 11 is 0. The Morgan fingerprint density at radius 2 is 1.75 bits per heavy atom. The fourth-order valence-electron chi connectivity index (χ4n) is 1.75. The Bertz CT molecular complexity index is 565. The largest absolute Gasteiger partial charge is 0.416 e. The van der Waals surface area contributed by atoms with Gasteiger partial charge in [0.25, 0.3) is 0 Å². The first-order chi connectivity index (χ1) is 9.45. The minimum Gasteiger partial charge on any atom is -0.307 e. The van der Waals surface area contributed by atoms with Gasteiger partial charge >= 0.3 is 6.18 Å². The first-order valence-corrected chi connectivity index (χ1v) is 6.10. The summed E-state index contributed by atoms with van der Waals surface area (Å²) in [6, 6.07) is 6.92. The molecule has 6 heteroatoms. The average Bonchev–Trinajstić information content (AvgIpc) is 2.38. The van der Waals surface area contributed by atoms with Gasteiger partial charge in [-0.05, 0) is 30.7 Å². The van der Waals surface area contributed by atoms with Gasteiger partial charge in [-0.25, -0.2) is 9.97 Å². The van der Waals surface area contributed by atoms with Crippen LogP contribution in [0, 0.1) is 6.92 Å². The molecule has 0 aliphatic carbocycles. The monoisotopic (exact) mass is 281 g/mol. The Morgan fingerprint density at radius 1 is 1.05 bits per heavy atom. The van der Waals surface area contributed by atoms with E-state index in [9.17, 15) is 13.2 Å². The van der Waals surface area contributed by atoms with E-state index in [1.165, 1.54) is 12.1 Å². The van der Waals surface area contributed by atoms with Crippen molar-refractivity contribution in [2.45, 2.75) is 26.2 Å². The first-order valence-electron chi connectivity index (χ1n) is 6.10. The molecule has 3 nitrogen and oxygen atoms in total. The lowest BCUT2D eigenvalue weighted by Crippen LogP contribution is -2.14. The van der Waals surface area contributed by atoms with Gasteiger partial charge in [0.05, 0.1) is 11.3 Å². The van der Waals surface area contributed by atoms with Crippen LogP contribution < -0.4 is 5.32 Å². The number of benzene rings is 1. The van der Waals surface area contributed by atoms with Gasteiger partial charge in [-0.2, -0.15) is 13.2 Å². The summed E-state index contributed by atoms with van der Waals surface area (Å²) in [7, 11) is 0. The lowest BCUT2D eigenvalue weighted by Gasteiger charge is -2.08. The molecule has 1 aromatic carbocycles. The molecule has 0 atom stereocenters. The molecule has 2 rings (SSSR count). The molecule has 0 saturated heterocycles. The zero-order valence-corrected chi connectivity index (χ0v) is 10.9. The number of halogens is 3. The number of alkyl halides is 3. The van der Waals surface area contributed by atoms with Crippen LogP contribution in [-0.4, -0.2) is 9.97 Å². The number of hydrogen-bond donors (Lipinski definition) is 1. The topological polar surface area (TPSA) is 37.8 Å². The third kappa shape index (κ3) is 4.03. The molecule has 1 heterocycles. The molecule has 0 aliphatic heterocycles. The minimum absolute atomic E-state index is 0.487. The van der Waals surface area contributed by atoms with Crippen molar-refractivity contribution in [1.82, 2.24) is 15.3 Å². The van der Waals surface area contributed by atoms with Crippen molar-refractivity contribution >= 4 is 0 Å². The fraction of sp³-hybridized carbons (Fsp3) is 0.286. The van der Waals surface area contributed by atoms with Gasteiger partial charge in [0.15, 0.2) is 0 Å². The van der Waals surface area contributed by atoms with Crippen molar-refractivity contribution in [3.8, 4) is 0 Å². The highest BCUT2D eigenvalue weighted by Gasteiger charge is 2.29. The predicted molar refractivity (Wildman–Crippen MR) is 68.8 cm³/mol. The Hall–Kier alpha value is -1.95. The van der Waals surface area contributed by atoms with E-state index < -0.39 is 11.7 Å². The molecule has 2 aromatic rings. The zero-order valence-electron chi connectivity index (χ0n) is 10.9. The lowest BCUT2D eigenvalue weighted by molar-refractivity contribution is -0.137. The van der Waals surface area contributed by atoms with Crippen LogP contribution in [0.5, 0.6) is 0 Å². The molecule has 0 spiro atoms. The van der Waals surface area contributed by atoms with Gasteiger partial charge in [0, 0.05) is 19.3 Å². The Kier molecular flexibility index (Phi) is 4.34. The van der Waals surface area contributed by atoms with Crippen molar-refractivity contribution in [3.05, 3.63) is 59.2 Å². The third-order valence-corrected chi connectivity index (χ3v) is 2.75. The van der Waals surface area contributed by atoms with E-state index in [1.807, 2.05) is 0 Å². The highest BCUT2D eigenvalue weighted by molar-refractivity contribution is 5.24. The van der Waals surface area contributed by atoms with Crippen LogP contribution in [0.15, 0.2) is 36.5 Å². The fourth-order valence-corrected chi connectivity index (χ4v) is 1.75. The summed E-state index contributed by atoms with van der Waals surface area (Å²) in [6.07, 6.45) is -2.61. The first kappa shape index (κ1) is 14.5. The van der Waals surface area contributed by atoms with Gasteiger partial charge in [-0.3, -0.25) is 0 Å². The van der Waals surface area contributed by atoms with E-state index in [0.717, 1.165) is 23.4 Å². The number of aromatic nitrogens is 2. The molecule has 0 unspecified atom stereocenters. The van der Waals surface area contributed by atoms with Crippen molar-refractivity contribution < 1.29 is 13.2 Å². The van der Waals surface area contributed by atoms with Gasteiger partial charge in [0.2, 0.25) is 0 Å². The van der Waals surface area contributed by atoms with Gasteiger partial charge in [-0.15, -0.1) is 0 Å². The maximum atomic E-state index is 12.4. The molecule has 0 radical (unpaired) electrons. The molecule has 1 N–H and O–H groups in total. The molecular weight excluding hydrogens is 267 g/mol. The van der Waals surface area contributed by atoms with E-state index in [-0.39, 0.29) is 0 Å². The van der Waals surface area contributed by atoms with Crippen LogP contribution in [0.25, 0.3) is 0 Å². The van der Waals surface area contributed by atoms with E-state index in [4.69, 9.17) is 0 Å². The second-order valence-electron chi connectivity index (χ2n) is 4.39. The molecule has 0 bridgehead atoms. The maximum absolute atomic E-state index is 12.4. The normalized spacial score (nSPS) is 11.6. The van der Waals surface area contributed by atoms with Crippen LogP contribution in [0.2, 0.25) is 0 Å². The maximum Gasteiger partial charge on any atom is 0.416 e. The SMILES string of the molecule is Cc1nccc(CNCc2ccc(C(F)(F)F)cc2)n1. The Labute approximate surface area is 114 Å². The number of hydrogen-bond acceptors (Lipinski definition) is 3. The van der Waals surface area contributed by atoms with E-state index in [2.05, 4.69) is 15.3 Å². The van der Waals surface area contributed by atoms with E-state index >= 15 is 0 Å². The summed E-state index contributed by atoms with van der Waals surface area (Å²) in [5.74, 6) is 0.693. The van der Waals surface area contributed by atoms with Crippen LogP contribution >= 0.6 is 0 Å². The lowest BCUT2D eigenvalue weighted by atomic mass is 10.1. The third-order valence-electron chi connectivity index (χ3n) is 2.75. The molecule has 1 aromatic heterocycles. The van der Waals surface area contributed by atoms with Gasteiger partial charge in [-0.1, -0.05) is 12.1 Å². The van der Waals surface area contributed by atoms with Crippen molar-refractivity contribution in [2.75, 3.05) is 0 Å². The number of nitrogens with one attached hydrogen (secondary N) is 1. The standard InChI is InChI=1S/C14H14F3N3/c1-10-19-7-6-13(20-10)9-18-8-11-2-4-12(5-3-11)14(15,16)17/h2-7,18H,8-9H2,1H3. The second-order valence-corrected chi connectivity index (χ2v) is 4.39.